The molecule has 0 amide bonds. The third kappa shape index (κ3) is 3.42. The zero-order valence-electron chi connectivity index (χ0n) is 12.5. The molecule has 1 heterocycles. The summed E-state index contributed by atoms with van der Waals surface area (Å²) in [6, 6.07) is 0. The maximum Gasteiger partial charge on any atom is 0.176 e. The standard InChI is InChI=1S/C13H29N3O2/c1-13(10-14,12(17-4)18-5)16(3)9-11-6-7-15(2)8-11/h11-12H,6-10,14H2,1-5H3. The number of nitrogens with zero attached hydrogens (tertiary/aromatic N) is 2. The number of likely N-dealkylation sites (N-methyl/N-ethyl adjacent to an activating group) is 1. The monoisotopic (exact) mass is 259 g/mol. The number of ether oxygens (including phenoxy) is 2. The minimum Gasteiger partial charge on any atom is -0.354 e. The highest BCUT2D eigenvalue weighted by Gasteiger charge is 2.39. The Labute approximate surface area is 111 Å². The highest BCUT2D eigenvalue weighted by Crippen LogP contribution is 2.24. The SMILES string of the molecule is COC(OC)C(C)(CN)N(C)CC1CCN(C)C1. The van der Waals surface area contributed by atoms with Crippen molar-refractivity contribution in [2.75, 3.05) is 54.5 Å². The van der Waals surface area contributed by atoms with E-state index in [-0.39, 0.29) is 11.8 Å². The summed E-state index contributed by atoms with van der Waals surface area (Å²) >= 11 is 0. The van der Waals surface area contributed by atoms with E-state index in [1.807, 2.05) is 0 Å². The van der Waals surface area contributed by atoms with Crippen LogP contribution in [0.4, 0.5) is 0 Å². The normalized spacial score (nSPS) is 25.0. The van der Waals surface area contributed by atoms with Gasteiger partial charge >= 0.3 is 0 Å². The van der Waals surface area contributed by atoms with Gasteiger partial charge in [0.05, 0.1) is 5.54 Å². The van der Waals surface area contributed by atoms with Crippen molar-refractivity contribution in [2.24, 2.45) is 11.7 Å². The molecule has 2 atom stereocenters. The summed E-state index contributed by atoms with van der Waals surface area (Å²) in [6.07, 6.45) is 0.957. The number of nitrogens with two attached hydrogens (primary N) is 1. The molecule has 5 heteroatoms. The maximum absolute atomic E-state index is 5.95. The van der Waals surface area contributed by atoms with Crippen molar-refractivity contribution in [3.63, 3.8) is 0 Å². The first-order valence-electron chi connectivity index (χ1n) is 6.63. The van der Waals surface area contributed by atoms with Crippen molar-refractivity contribution < 1.29 is 9.47 Å². The van der Waals surface area contributed by atoms with Crippen molar-refractivity contribution >= 4 is 0 Å². The molecular formula is C13H29N3O2. The van der Waals surface area contributed by atoms with Gasteiger partial charge in [0.15, 0.2) is 6.29 Å². The van der Waals surface area contributed by atoms with Crippen molar-refractivity contribution in [1.82, 2.24) is 9.80 Å². The topological polar surface area (TPSA) is 51.0 Å². The summed E-state index contributed by atoms with van der Waals surface area (Å²) in [4.78, 5) is 4.66. The van der Waals surface area contributed by atoms with Gasteiger partial charge in [0.2, 0.25) is 0 Å². The molecule has 2 unspecified atom stereocenters. The number of hydrogen-bond acceptors (Lipinski definition) is 5. The molecule has 0 aromatic carbocycles. The van der Waals surface area contributed by atoms with Gasteiger partial charge in [-0.15, -0.1) is 0 Å². The van der Waals surface area contributed by atoms with Crippen LogP contribution in [-0.2, 0) is 9.47 Å². The second-order valence-electron chi connectivity index (χ2n) is 5.66. The Balaban J connectivity index is 2.63. The molecule has 5 nitrogen and oxygen atoms in total. The number of likely N-dealkylation sites (tertiary alicyclic amines) is 1. The van der Waals surface area contributed by atoms with Gasteiger partial charge < -0.3 is 20.1 Å². The molecule has 1 fully saturated rings. The average Bonchev–Trinajstić information content (AvgIpc) is 2.75. The quantitative estimate of drug-likeness (QED) is 0.662. The van der Waals surface area contributed by atoms with Crippen LogP contribution in [0.1, 0.15) is 13.3 Å². The van der Waals surface area contributed by atoms with E-state index in [2.05, 4.69) is 30.8 Å². The van der Waals surface area contributed by atoms with Crippen LogP contribution in [0.3, 0.4) is 0 Å². The van der Waals surface area contributed by atoms with Crippen LogP contribution in [-0.4, -0.2) is 76.1 Å². The summed E-state index contributed by atoms with van der Waals surface area (Å²) in [6.45, 7) is 5.99. The fraction of sp³-hybridized carbons (Fsp3) is 1.00. The zero-order valence-corrected chi connectivity index (χ0v) is 12.5. The van der Waals surface area contributed by atoms with E-state index >= 15 is 0 Å². The summed E-state index contributed by atoms with van der Waals surface area (Å²) in [7, 11) is 7.62. The van der Waals surface area contributed by atoms with Gasteiger partial charge in [0.1, 0.15) is 0 Å². The largest absolute Gasteiger partial charge is 0.354 e. The number of rotatable bonds is 7. The summed E-state index contributed by atoms with van der Waals surface area (Å²) in [5.41, 5.74) is 5.66. The fourth-order valence-corrected chi connectivity index (χ4v) is 2.81. The van der Waals surface area contributed by atoms with Gasteiger partial charge in [-0.2, -0.15) is 0 Å². The van der Waals surface area contributed by atoms with E-state index in [4.69, 9.17) is 15.2 Å². The van der Waals surface area contributed by atoms with E-state index in [0.717, 1.165) is 13.1 Å². The lowest BCUT2D eigenvalue weighted by Gasteiger charge is -2.43. The minimum absolute atomic E-state index is 0.287. The fourth-order valence-electron chi connectivity index (χ4n) is 2.81. The highest BCUT2D eigenvalue weighted by atomic mass is 16.7. The van der Waals surface area contributed by atoms with Crippen molar-refractivity contribution in [3.8, 4) is 0 Å². The molecular weight excluding hydrogens is 230 g/mol. The second kappa shape index (κ2) is 6.82. The summed E-state index contributed by atoms with van der Waals surface area (Å²) in [5.74, 6) is 0.709. The minimum atomic E-state index is -0.299. The predicted octanol–water partition coefficient (Wildman–Crippen LogP) is 0.206. The third-order valence-corrected chi connectivity index (χ3v) is 4.24. The first kappa shape index (κ1) is 15.9. The van der Waals surface area contributed by atoms with Crippen LogP contribution in [0.25, 0.3) is 0 Å². The molecule has 1 aliphatic rings. The van der Waals surface area contributed by atoms with Crippen LogP contribution < -0.4 is 5.73 Å². The molecule has 18 heavy (non-hydrogen) atoms. The lowest BCUT2D eigenvalue weighted by atomic mass is 9.97. The smallest absolute Gasteiger partial charge is 0.176 e. The van der Waals surface area contributed by atoms with E-state index < -0.39 is 0 Å². The molecule has 0 saturated carbocycles. The molecule has 108 valence electrons. The van der Waals surface area contributed by atoms with Gasteiger partial charge in [0, 0.05) is 33.9 Å². The van der Waals surface area contributed by atoms with Gasteiger partial charge in [-0.05, 0) is 39.9 Å². The van der Waals surface area contributed by atoms with Crippen LogP contribution >= 0.6 is 0 Å². The van der Waals surface area contributed by atoms with Crippen molar-refractivity contribution in [3.05, 3.63) is 0 Å². The third-order valence-electron chi connectivity index (χ3n) is 4.24. The molecule has 1 aliphatic heterocycles. The lowest BCUT2D eigenvalue weighted by molar-refractivity contribution is -0.178. The molecule has 0 spiro atoms. The van der Waals surface area contributed by atoms with Crippen LogP contribution in [0, 0.1) is 5.92 Å². The lowest BCUT2D eigenvalue weighted by Crippen LogP contribution is -2.60. The van der Waals surface area contributed by atoms with Gasteiger partial charge in [0.25, 0.3) is 0 Å². The Hall–Kier alpha value is -0.200. The zero-order chi connectivity index (χ0) is 13.8. The Morgan fingerprint density at radius 2 is 2.06 bits per heavy atom. The van der Waals surface area contributed by atoms with Crippen molar-refractivity contribution in [2.45, 2.75) is 25.2 Å². The van der Waals surface area contributed by atoms with E-state index in [1.165, 1.54) is 13.0 Å². The molecule has 0 bridgehead atoms. The van der Waals surface area contributed by atoms with Gasteiger partial charge in [-0.1, -0.05) is 0 Å². The molecule has 1 saturated heterocycles. The average molecular weight is 259 g/mol. The maximum atomic E-state index is 5.95. The summed E-state index contributed by atoms with van der Waals surface area (Å²) in [5, 5.41) is 0. The van der Waals surface area contributed by atoms with Gasteiger partial charge in [-0.25, -0.2) is 0 Å². The van der Waals surface area contributed by atoms with Crippen LogP contribution in [0.15, 0.2) is 0 Å². The van der Waals surface area contributed by atoms with E-state index in [9.17, 15) is 0 Å². The van der Waals surface area contributed by atoms with Crippen molar-refractivity contribution in [1.29, 1.82) is 0 Å². The van der Waals surface area contributed by atoms with Crippen LogP contribution in [0.5, 0.6) is 0 Å². The van der Waals surface area contributed by atoms with Gasteiger partial charge in [-0.3, -0.25) is 4.90 Å². The van der Waals surface area contributed by atoms with E-state index in [1.54, 1.807) is 14.2 Å². The Kier molecular flexibility index (Phi) is 6.01. The Morgan fingerprint density at radius 1 is 1.44 bits per heavy atom. The Bertz CT molecular complexity index is 248. The highest BCUT2D eigenvalue weighted by molar-refractivity contribution is 4.91. The molecule has 0 aromatic rings. The van der Waals surface area contributed by atoms with E-state index in [0.29, 0.717) is 12.5 Å². The molecule has 2 N–H and O–H groups in total. The molecule has 1 rings (SSSR count). The first-order chi connectivity index (χ1) is 8.47. The molecule has 0 aromatic heterocycles. The molecule has 0 radical (unpaired) electrons. The number of hydrogen-bond donors (Lipinski definition) is 1. The second-order valence-corrected chi connectivity index (χ2v) is 5.66. The first-order valence-corrected chi connectivity index (χ1v) is 6.63. The predicted molar refractivity (Wildman–Crippen MR) is 73.5 cm³/mol. The van der Waals surface area contributed by atoms with Crippen LogP contribution in [0.2, 0.25) is 0 Å². The summed E-state index contributed by atoms with van der Waals surface area (Å²) < 4.78 is 10.8. The number of methoxy groups -OCH3 is 2. The molecule has 0 aliphatic carbocycles. The Morgan fingerprint density at radius 3 is 2.44 bits per heavy atom.